The first kappa shape index (κ1) is 21.8. The van der Waals surface area contributed by atoms with Crippen molar-refractivity contribution < 1.29 is 0 Å². The van der Waals surface area contributed by atoms with Crippen molar-refractivity contribution in [3.63, 3.8) is 0 Å². The number of hydrogen-bond acceptors (Lipinski definition) is 6. The second kappa shape index (κ2) is 10.7. The van der Waals surface area contributed by atoms with Crippen LogP contribution in [-0.4, -0.2) is 44.2 Å². The van der Waals surface area contributed by atoms with Crippen molar-refractivity contribution in [3.05, 3.63) is 50.6 Å². The number of likely N-dealkylation sites (N-methyl/N-ethyl adjacent to an activating group) is 1. The van der Waals surface area contributed by atoms with E-state index in [0.717, 1.165) is 42.1 Å². The van der Waals surface area contributed by atoms with E-state index in [1.807, 2.05) is 30.1 Å². The molecule has 3 aromatic heterocycles. The molecule has 0 aliphatic carbocycles. The third-order valence-corrected chi connectivity index (χ3v) is 5.78. The van der Waals surface area contributed by atoms with Crippen LogP contribution < -0.4 is 5.32 Å². The van der Waals surface area contributed by atoms with E-state index in [4.69, 9.17) is 4.99 Å². The number of aromatic nitrogens is 4. The minimum atomic E-state index is 0. The lowest BCUT2D eigenvalue weighted by Crippen LogP contribution is -2.39. The summed E-state index contributed by atoms with van der Waals surface area (Å²) in [5.74, 6) is 2.60. The van der Waals surface area contributed by atoms with Gasteiger partial charge in [-0.25, -0.2) is 9.98 Å². The maximum atomic E-state index is 4.76. The average Bonchev–Trinajstić information content (AvgIpc) is 3.39. The van der Waals surface area contributed by atoms with Crippen LogP contribution in [0.5, 0.6) is 0 Å². The Kier molecular flexibility index (Phi) is 8.64. The molecule has 0 fully saturated rings. The number of thiophene rings is 1. The Morgan fingerprint density at radius 1 is 1.30 bits per heavy atom. The number of hydrogen-bond donors (Lipinski definition) is 1. The Morgan fingerprint density at radius 3 is 2.78 bits per heavy atom. The highest BCUT2D eigenvalue weighted by Gasteiger charge is 2.10. The molecule has 0 spiro atoms. The number of nitrogens with zero attached hydrogens (tertiary/aromatic N) is 6. The first-order valence-corrected chi connectivity index (χ1v) is 10.1. The molecule has 0 amide bonds. The summed E-state index contributed by atoms with van der Waals surface area (Å²) < 4.78 is 1.97. The summed E-state index contributed by atoms with van der Waals surface area (Å²) in [6.45, 7) is 4.04. The molecule has 146 valence electrons. The maximum Gasteiger partial charge on any atom is 0.194 e. The quantitative estimate of drug-likeness (QED) is 0.297. The summed E-state index contributed by atoms with van der Waals surface area (Å²) in [6, 6.07) is 4.18. The summed E-state index contributed by atoms with van der Waals surface area (Å²) in [7, 11) is 4.01. The Balaban J connectivity index is 0.00000261. The lowest BCUT2D eigenvalue weighted by molar-refractivity contribution is 0.482. The maximum absolute atomic E-state index is 4.76. The van der Waals surface area contributed by atoms with Gasteiger partial charge in [0.05, 0.1) is 11.6 Å². The Bertz CT molecular complexity index is 828. The molecular formula is C17H24IN7S2. The monoisotopic (exact) mass is 517 g/mol. The number of rotatable bonds is 7. The molecule has 0 saturated heterocycles. The van der Waals surface area contributed by atoms with Crippen molar-refractivity contribution in [3.8, 4) is 0 Å². The topological polar surface area (TPSA) is 71.2 Å². The third-order valence-electron chi connectivity index (χ3n) is 4.06. The molecule has 0 radical (unpaired) electrons. The van der Waals surface area contributed by atoms with Gasteiger partial charge in [0.25, 0.3) is 0 Å². The zero-order chi connectivity index (χ0) is 18.4. The summed E-state index contributed by atoms with van der Waals surface area (Å²) in [4.78, 5) is 12.5. The highest BCUT2D eigenvalue weighted by atomic mass is 127. The summed E-state index contributed by atoms with van der Waals surface area (Å²) >= 11 is 3.42. The van der Waals surface area contributed by atoms with E-state index in [9.17, 15) is 0 Å². The molecule has 1 N–H and O–H groups in total. The van der Waals surface area contributed by atoms with E-state index in [1.165, 1.54) is 4.88 Å². The molecule has 0 bridgehead atoms. The first-order chi connectivity index (χ1) is 12.6. The lowest BCUT2D eigenvalue weighted by Gasteiger charge is -2.22. The average molecular weight is 517 g/mol. The Labute approximate surface area is 184 Å². The number of nitrogens with one attached hydrogen (secondary N) is 1. The molecule has 0 unspecified atom stereocenters. The van der Waals surface area contributed by atoms with Crippen molar-refractivity contribution in [1.29, 1.82) is 0 Å². The predicted octanol–water partition coefficient (Wildman–Crippen LogP) is 3.08. The van der Waals surface area contributed by atoms with Crippen LogP contribution >= 0.6 is 46.7 Å². The number of guanidine groups is 1. The SMILES string of the molecule is Cc1nnc(CN=C(NCc2cccs2)N(C)CCc2nccs2)n1C.I. The molecule has 0 atom stereocenters. The minimum absolute atomic E-state index is 0. The molecule has 3 aromatic rings. The van der Waals surface area contributed by atoms with Gasteiger partial charge >= 0.3 is 0 Å². The number of halogens is 1. The highest BCUT2D eigenvalue weighted by Crippen LogP contribution is 2.09. The highest BCUT2D eigenvalue weighted by molar-refractivity contribution is 14.0. The molecule has 7 nitrogen and oxygen atoms in total. The molecule has 10 heteroatoms. The summed E-state index contributed by atoms with van der Waals surface area (Å²) in [5.41, 5.74) is 0. The normalized spacial score (nSPS) is 11.3. The molecule has 0 aromatic carbocycles. The van der Waals surface area contributed by atoms with Crippen molar-refractivity contribution in [1.82, 2.24) is 30.0 Å². The Morgan fingerprint density at radius 2 is 2.15 bits per heavy atom. The van der Waals surface area contributed by atoms with E-state index in [2.05, 4.69) is 50.0 Å². The van der Waals surface area contributed by atoms with E-state index >= 15 is 0 Å². The van der Waals surface area contributed by atoms with Crippen LogP contribution in [-0.2, 0) is 26.6 Å². The zero-order valence-electron chi connectivity index (χ0n) is 15.6. The van der Waals surface area contributed by atoms with Crippen molar-refractivity contribution in [2.24, 2.45) is 12.0 Å². The zero-order valence-corrected chi connectivity index (χ0v) is 19.6. The summed E-state index contributed by atoms with van der Waals surface area (Å²) in [6.07, 6.45) is 2.75. The van der Waals surface area contributed by atoms with Crippen LogP contribution in [0.15, 0.2) is 34.1 Å². The van der Waals surface area contributed by atoms with Crippen molar-refractivity contribution >= 4 is 52.6 Å². The van der Waals surface area contributed by atoms with E-state index in [1.54, 1.807) is 22.7 Å². The number of thiazole rings is 1. The molecular weight excluding hydrogens is 493 g/mol. The fourth-order valence-corrected chi connectivity index (χ4v) is 3.63. The number of aryl methyl sites for hydroxylation is 1. The van der Waals surface area contributed by atoms with Crippen LogP contribution in [0.3, 0.4) is 0 Å². The van der Waals surface area contributed by atoms with E-state index < -0.39 is 0 Å². The first-order valence-electron chi connectivity index (χ1n) is 8.38. The fraction of sp³-hybridized carbons (Fsp3) is 0.412. The molecule has 0 aliphatic heterocycles. The van der Waals surface area contributed by atoms with E-state index in [0.29, 0.717) is 6.54 Å². The smallest absolute Gasteiger partial charge is 0.194 e. The van der Waals surface area contributed by atoms with Gasteiger partial charge in [0.2, 0.25) is 0 Å². The molecule has 0 aliphatic rings. The number of aliphatic imine (C=N–C) groups is 1. The van der Waals surface area contributed by atoms with Gasteiger partial charge in [-0.3, -0.25) is 0 Å². The van der Waals surface area contributed by atoms with Gasteiger partial charge < -0.3 is 14.8 Å². The molecule has 3 heterocycles. The van der Waals surface area contributed by atoms with Gasteiger partial charge in [0, 0.05) is 43.5 Å². The third kappa shape index (κ3) is 6.25. The minimum Gasteiger partial charge on any atom is -0.351 e. The van der Waals surface area contributed by atoms with Gasteiger partial charge in [-0.2, -0.15) is 0 Å². The largest absolute Gasteiger partial charge is 0.351 e. The lowest BCUT2D eigenvalue weighted by atomic mass is 10.4. The van der Waals surface area contributed by atoms with Gasteiger partial charge in [0.1, 0.15) is 12.4 Å². The standard InChI is InChI=1S/C17H23N7S2.HI/c1-13-21-22-15(24(13)3)12-20-17(19-11-14-5-4-9-25-14)23(2)8-6-16-18-7-10-26-16;/h4-5,7,9-10H,6,8,11-12H2,1-3H3,(H,19,20);1H. The van der Waals surface area contributed by atoms with Gasteiger partial charge in [-0.1, -0.05) is 6.07 Å². The van der Waals surface area contributed by atoms with Gasteiger partial charge in [-0.15, -0.1) is 56.8 Å². The van der Waals surface area contributed by atoms with Crippen LogP contribution in [0, 0.1) is 6.92 Å². The molecule has 27 heavy (non-hydrogen) atoms. The Hall–Kier alpha value is -1.53. The van der Waals surface area contributed by atoms with E-state index in [-0.39, 0.29) is 24.0 Å². The molecule has 3 rings (SSSR count). The molecule has 0 saturated carbocycles. The predicted molar refractivity (Wildman–Crippen MR) is 122 cm³/mol. The van der Waals surface area contributed by atoms with Crippen LogP contribution in [0.25, 0.3) is 0 Å². The van der Waals surface area contributed by atoms with Crippen molar-refractivity contribution in [2.75, 3.05) is 13.6 Å². The van der Waals surface area contributed by atoms with Crippen LogP contribution in [0.1, 0.15) is 21.5 Å². The van der Waals surface area contributed by atoms with Crippen LogP contribution in [0.2, 0.25) is 0 Å². The van der Waals surface area contributed by atoms with Gasteiger partial charge in [0.15, 0.2) is 11.8 Å². The second-order valence-electron chi connectivity index (χ2n) is 5.89. The fourth-order valence-electron chi connectivity index (χ4n) is 2.37. The summed E-state index contributed by atoms with van der Waals surface area (Å²) in [5, 5.41) is 17.0. The van der Waals surface area contributed by atoms with Crippen LogP contribution in [0.4, 0.5) is 0 Å². The second-order valence-corrected chi connectivity index (χ2v) is 7.90. The van der Waals surface area contributed by atoms with Gasteiger partial charge in [-0.05, 0) is 18.4 Å². The van der Waals surface area contributed by atoms with Crippen molar-refractivity contribution in [2.45, 2.75) is 26.4 Å².